The Kier molecular flexibility index (Phi) is 5.06. The zero-order chi connectivity index (χ0) is 19.0. The minimum atomic E-state index is -0.0850. The number of hydrogen-bond donors (Lipinski definition) is 1. The molecule has 1 saturated carbocycles. The summed E-state index contributed by atoms with van der Waals surface area (Å²) in [6.45, 7) is 1.46. The fourth-order valence-corrected chi connectivity index (χ4v) is 4.64. The second-order valence-electron chi connectivity index (χ2n) is 7.44. The van der Waals surface area contributed by atoms with Crippen LogP contribution in [0.1, 0.15) is 23.3 Å². The molecule has 1 aliphatic heterocycles. The maximum Gasteiger partial charge on any atom is 0.275 e. The van der Waals surface area contributed by atoms with E-state index in [2.05, 4.69) is 15.4 Å². The van der Waals surface area contributed by atoms with Gasteiger partial charge in [-0.3, -0.25) is 9.48 Å². The summed E-state index contributed by atoms with van der Waals surface area (Å²) in [5.41, 5.74) is 0.337. The van der Waals surface area contributed by atoms with Crippen molar-refractivity contribution in [1.29, 1.82) is 0 Å². The minimum Gasteiger partial charge on any atom is -0.379 e. The van der Waals surface area contributed by atoms with E-state index < -0.39 is 0 Å². The lowest BCUT2D eigenvalue weighted by Gasteiger charge is -2.37. The minimum absolute atomic E-state index is 0.0850. The van der Waals surface area contributed by atoms with Crippen LogP contribution in [0.25, 0.3) is 0 Å². The quantitative estimate of drug-likeness (QED) is 0.869. The number of aryl methyl sites for hydroxylation is 1. The first kappa shape index (κ1) is 18.3. The predicted octanol–water partition coefficient (Wildman–Crippen LogP) is 2.45. The number of rotatable bonds is 4. The number of halogens is 1. The van der Waals surface area contributed by atoms with E-state index in [4.69, 9.17) is 16.3 Å². The number of methoxy groups -OCH3 is 1. The number of pyridine rings is 1. The molecule has 8 heteroatoms. The summed E-state index contributed by atoms with van der Waals surface area (Å²) in [7, 11) is 3.52. The van der Waals surface area contributed by atoms with Crippen LogP contribution >= 0.6 is 11.6 Å². The van der Waals surface area contributed by atoms with Gasteiger partial charge in [0.15, 0.2) is 5.69 Å². The zero-order valence-electron chi connectivity index (χ0n) is 15.5. The number of carbonyl (C=O) groups is 1. The van der Waals surface area contributed by atoms with Crippen LogP contribution in [0.4, 0.5) is 5.82 Å². The van der Waals surface area contributed by atoms with Crippen LogP contribution in [0.15, 0.2) is 30.6 Å². The van der Waals surface area contributed by atoms with E-state index in [9.17, 15) is 4.79 Å². The van der Waals surface area contributed by atoms with Crippen molar-refractivity contribution in [3.05, 3.63) is 41.3 Å². The molecule has 0 spiro atoms. The molecule has 0 aromatic carbocycles. The summed E-state index contributed by atoms with van der Waals surface area (Å²) in [4.78, 5) is 19.1. The van der Waals surface area contributed by atoms with E-state index in [0.29, 0.717) is 22.6 Å². The van der Waals surface area contributed by atoms with Gasteiger partial charge >= 0.3 is 0 Å². The molecule has 7 nitrogen and oxygen atoms in total. The summed E-state index contributed by atoms with van der Waals surface area (Å²) in [6.07, 6.45) is 5.40. The number of aromatic nitrogens is 3. The number of ether oxygens (including phenoxy) is 1. The van der Waals surface area contributed by atoms with E-state index in [1.165, 1.54) is 0 Å². The maximum absolute atomic E-state index is 12.9. The molecular weight excluding hydrogens is 366 g/mol. The van der Waals surface area contributed by atoms with Crippen LogP contribution in [0.3, 0.4) is 0 Å². The SMILES string of the molecule is CO[C@@H]1C[C@H]2CN(C(=O)c3nn(C)cc3Cl)C[C@H]2C[C@H]1Nc1ccccn1. The van der Waals surface area contributed by atoms with Gasteiger partial charge in [0.1, 0.15) is 5.82 Å². The van der Waals surface area contributed by atoms with Gasteiger partial charge in [-0.05, 0) is 36.8 Å². The number of likely N-dealkylation sites (tertiary alicyclic amines) is 1. The second kappa shape index (κ2) is 7.48. The number of nitrogens with zero attached hydrogens (tertiary/aromatic N) is 4. The lowest BCUT2D eigenvalue weighted by molar-refractivity contribution is 0.0304. The number of fused-ring (bicyclic) bond motifs is 1. The summed E-state index contributed by atoms with van der Waals surface area (Å²) >= 11 is 6.16. The van der Waals surface area contributed by atoms with E-state index in [-0.39, 0.29) is 18.1 Å². The monoisotopic (exact) mass is 389 g/mol. The van der Waals surface area contributed by atoms with Crippen LogP contribution in [-0.4, -0.2) is 57.9 Å². The largest absolute Gasteiger partial charge is 0.379 e. The summed E-state index contributed by atoms with van der Waals surface area (Å²) in [6, 6.07) is 6.01. The standard InChI is InChI=1S/C19H24ClN5O2/c1-24-11-14(20)18(23-24)19(26)25-9-12-7-15(16(27-2)8-13(12)10-25)22-17-5-3-4-6-21-17/h3-6,11-13,15-16H,7-10H2,1-2H3,(H,21,22)/t12-,13+,15-,16-/m1/s1. The van der Waals surface area contributed by atoms with Gasteiger partial charge in [0.25, 0.3) is 5.91 Å². The Bertz CT molecular complexity index is 812. The van der Waals surface area contributed by atoms with E-state index in [1.54, 1.807) is 31.2 Å². The van der Waals surface area contributed by atoms with E-state index in [1.807, 2.05) is 23.1 Å². The van der Waals surface area contributed by atoms with Gasteiger partial charge in [0.05, 0.1) is 17.2 Å². The molecule has 144 valence electrons. The number of nitrogens with one attached hydrogen (secondary N) is 1. The van der Waals surface area contributed by atoms with Gasteiger partial charge in [-0.1, -0.05) is 17.7 Å². The van der Waals surface area contributed by atoms with Crippen molar-refractivity contribution in [2.45, 2.75) is 25.0 Å². The molecule has 1 aliphatic carbocycles. The fourth-order valence-electron chi connectivity index (χ4n) is 4.38. The van der Waals surface area contributed by atoms with Crippen molar-refractivity contribution < 1.29 is 9.53 Å². The third kappa shape index (κ3) is 3.66. The van der Waals surface area contributed by atoms with Crippen molar-refractivity contribution in [1.82, 2.24) is 19.7 Å². The van der Waals surface area contributed by atoms with Crippen LogP contribution in [0.2, 0.25) is 5.02 Å². The van der Waals surface area contributed by atoms with Crippen molar-refractivity contribution in [3.63, 3.8) is 0 Å². The highest BCUT2D eigenvalue weighted by Crippen LogP contribution is 2.39. The molecule has 2 aromatic rings. The summed E-state index contributed by atoms with van der Waals surface area (Å²) in [5, 5.41) is 8.13. The van der Waals surface area contributed by atoms with Crippen LogP contribution in [0.5, 0.6) is 0 Å². The first-order valence-electron chi connectivity index (χ1n) is 9.24. The summed E-state index contributed by atoms with van der Waals surface area (Å²) in [5.74, 6) is 1.64. The molecule has 2 aliphatic rings. The third-order valence-electron chi connectivity index (χ3n) is 5.69. The molecule has 2 fully saturated rings. The molecule has 1 amide bonds. The van der Waals surface area contributed by atoms with Crippen LogP contribution in [0, 0.1) is 11.8 Å². The highest BCUT2D eigenvalue weighted by Gasteiger charge is 2.44. The Morgan fingerprint density at radius 3 is 2.70 bits per heavy atom. The Labute approximate surface area is 163 Å². The molecule has 4 rings (SSSR count). The van der Waals surface area contributed by atoms with Crippen molar-refractivity contribution in [2.75, 3.05) is 25.5 Å². The average Bonchev–Trinajstić information content (AvgIpc) is 3.23. The number of amides is 1. The molecular formula is C19H24ClN5O2. The molecule has 4 atom stereocenters. The zero-order valence-corrected chi connectivity index (χ0v) is 16.3. The Morgan fingerprint density at radius 2 is 2.07 bits per heavy atom. The molecule has 0 bridgehead atoms. The molecule has 1 N–H and O–H groups in total. The maximum atomic E-state index is 12.9. The van der Waals surface area contributed by atoms with Crippen molar-refractivity contribution in [3.8, 4) is 0 Å². The number of anilines is 1. The van der Waals surface area contributed by atoms with Crippen LogP contribution < -0.4 is 5.32 Å². The fraction of sp³-hybridized carbons (Fsp3) is 0.526. The summed E-state index contributed by atoms with van der Waals surface area (Å²) < 4.78 is 7.33. The first-order chi connectivity index (χ1) is 13.0. The smallest absolute Gasteiger partial charge is 0.275 e. The third-order valence-corrected chi connectivity index (χ3v) is 5.97. The Balaban J connectivity index is 1.46. The van der Waals surface area contributed by atoms with Crippen molar-refractivity contribution in [2.24, 2.45) is 18.9 Å². The van der Waals surface area contributed by atoms with Crippen LogP contribution in [-0.2, 0) is 11.8 Å². The molecule has 0 radical (unpaired) electrons. The Hall–Kier alpha value is -2.12. The molecule has 3 heterocycles. The molecule has 0 unspecified atom stereocenters. The van der Waals surface area contributed by atoms with Gasteiger partial charge in [-0.15, -0.1) is 0 Å². The molecule has 2 aromatic heterocycles. The van der Waals surface area contributed by atoms with Gasteiger partial charge in [-0.25, -0.2) is 4.98 Å². The van der Waals surface area contributed by atoms with E-state index >= 15 is 0 Å². The van der Waals surface area contributed by atoms with E-state index in [0.717, 1.165) is 31.7 Å². The number of hydrogen-bond acceptors (Lipinski definition) is 5. The number of carbonyl (C=O) groups excluding carboxylic acids is 1. The normalized spacial score (nSPS) is 27.4. The molecule has 1 saturated heterocycles. The average molecular weight is 390 g/mol. The van der Waals surface area contributed by atoms with Gasteiger partial charge in [-0.2, -0.15) is 5.10 Å². The lowest BCUT2D eigenvalue weighted by atomic mass is 9.77. The predicted molar refractivity (Wildman–Crippen MR) is 103 cm³/mol. The highest BCUT2D eigenvalue weighted by molar-refractivity contribution is 6.33. The van der Waals surface area contributed by atoms with Gasteiger partial charge in [0, 0.05) is 39.6 Å². The lowest BCUT2D eigenvalue weighted by Crippen LogP contribution is -2.44. The second-order valence-corrected chi connectivity index (χ2v) is 7.85. The van der Waals surface area contributed by atoms with Crippen molar-refractivity contribution >= 4 is 23.3 Å². The highest BCUT2D eigenvalue weighted by atomic mass is 35.5. The molecule has 27 heavy (non-hydrogen) atoms. The topological polar surface area (TPSA) is 72.3 Å². The first-order valence-corrected chi connectivity index (χ1v) is 9.61. The van der Waals surface area contributed by atoms with Gasteiger partial charge in [0.2, 0.25) is 0 Å². The Morgan fingerprint density at radius 1 is 1.30 bits per heavy atom. The van der Waals surface area contributed by atoms with Gasteiger partial charge < -0.3 is 15.0 Å².